The van der Waals surface area contributed by atoms with Crippen molar-refractivity contribution in [2.24, 2.45) is 0 Å². The molecule has 0 aliphatic carbocycles. The van der Waals surface area contributed by atoms with Gasteiger partial charge in [-0.05, 0) is 23.6 Å². The van der Waals surface area contributed by atoms with E-state index in [1.165, 1.54) is 0 Å². The molecule has 0 amide bonds. The molecule has 3 rings (SSSR count). The highest BCUT2D eigenvalue weighted by Gasteiger charge is 2.11. The SMILES string of the molecule is Cc1ccccc1C(=O)c1ccc(-c2ccccc2)cc1. The predicted octanol–water partition coefficient (Wildman–Crippen LogP) is 4.89. The van der Waals surface area contributed by atoms with Crippen molar-refractivity contribution in [1.82, 2.24) is 0 Å². The summed E-state index contributed by atoms with van der Waals surface area (Å²) in [6.07, 6.45) is 0. The van der Waals surface area contributed by atoms with Crippen LogP contribution >= 0.6 is 0 Å². The summed E-state index contributed by atoms with van der Waals surface area (Å²) in [4.78, 5) is 12.5. The van der Waals surface area contributed by atoms with Gasteiger partial charge in [0.15, 0.2) is 5.78 Å². The van der Waals surface area contributed by atoms with E-state index < -0.39 is 0 Å². The third-order valence-corrected chi connectivity index (χ3v) is 3.64. The van der Waals surface area contributed by atoms with Gasteiger partial charge in [-0.2, -0.15) is 0 Å². The summed E-state index contributed by atoms with van der Waals surface area (Å²) in [5.74, 6) is 0.0766. The van der Waals surface area contributed by atoms with Gasteiger partial charge in [0.1, 0.15) is 0 Å². The normalized spacial score (nSPS) is 10.3. The zero-order valence-corrected chi connectivity index (χ0v) is 11.9. The van der Waals surface area contributed by atoms with Gasteiger partial charge in [0, 0.05) is 11.1 Å². The fraction of sp³-hybridized carbons (Fsp3) is 0.0500. The summed E-state index contributed by atoms with van der Waals surface area (Å²) >= 11 is 0. The van der Waals surface area contributed by atoms with Crippen molar-refractivity contribution in [1.29, 1.82) is 0 Å². The predicted molar refractivity (Wildman–Crippen MR) is 86.5 cm³/mol. The Hall–Kier alpha value is -2.67. The van der Waals surface area contributed by atoms with Gasteiger partial charge < -0.3 is 0 Å². The van der Waals surface area contributed by atoms with Crippen molar-refractivity contribution >= 4 is 5.78 Å². The minimum Gasteiger partial charge on any atom is -0.289 e. The van der Waals surface area contributed by atoms with E-state index in [0.29, 0.717) is 0 Å². The van der Waals surface area contributed by atoms with Crippen LogP contribution in [-0.4, -0.2) is 5.78 Å². The van der Waals surface area contributed by atoms with Crippen LogP contribution < -0.4 is 0 Å². The summed E-state index contributed by atoms with van der Waals surface area (Å²) in [7, 11) is 0. The lowest BCUT2D eigenvalue weighted by atomic mass is 9.97. The van der Waals surface area contributed by atoms with Crippen molar-refractivity contribution in [3.8, 4) is 11.1 Å². The second-order valence-electron chi connectivity index (χ2n) is 5.09. The van der Waals surface area contributed by atoms with Crippen LogP contribution in [0, 0.1) is 6.92 Å². The molecular weight excluding hydrogens is 256 g/mol. The lowest BCUT2D eigenvalue weighted by molar-refractivity contribution is 0.103. The molecule has 0 radical (unpaired) electrons. The maximum absolute atomic E-state index is 12.5. The molecule has 0 aromatic heterocycles. The van der Waals surface area contributed by atoms with Crippen LogP contribution in [0.15, 0.2) is 78.9 Å². The highest BCUT2D eigenvalue weighted by atomic mass is 16.1. The van der Waals surface area contributed by atoms with Crippen LogP contribution in [0.1, 0.15) is 21.5 Å². The Kier molecular flexibility index (Phi) is 3.65. The zero-order valence-electron chi connectivity index (χ0n) is 11.9. The van der Waals surface area contributed by atoms with Crippen LogP contribution in [-0.2, 0) is 0 Å². The summed E-state index contributed by atoms with van der Waals surface area (Å²) in [6.45, 7) is 1.96. The Morgan fingerprint density at radius 3 is 1.90 bits per heavy atom. The quantitative estimate of drug-likeness (QED) is 0.620. The van der Waals surface area contributed by atoms with Gasteiger partial charge in [-0.25, -0.2) is 0 Å². The number of hydrogen-bond donors (Lipinski definition) is 0. The van der Waals surface area contributed by atoms with Gasteiger partial charge in [0.25, 0.3) is 0 Å². The summed E-state index contributed by atoms with van der Waals surface area (Å²) in [6, 6.07) is 25.7. The molecule has 0 aliphatic rings. The largest absolute Gasteiger partial charge is 0.289 e. The Labute approximate surface area is 124 Å². The minimum absolute atomic E-state index is 0.0766. The fourth-order valence-electron chi connectivity index (χ4n) is 2.43. The van der Waals surface area contributed by atoms with Gasteiger partial charge in [-0.15, -0.1) is 0 Å². The topological polar surface area (TPSA) is 17.1 Å². The molecule has 0 unspecified atom stereocenters. The standard InChI is InChI=1S/C20H16O/c1-15-7-5-6-10-19(15)20(21)18-13-11-17(12-14-18)16-8-3-2-4-9-16/h2-14H,1H3. The summed E-state index contributed by atoms with van der Waals surface area (Å²) in [5.41, 5.74) is 4.79. The molecule has 0 spiro atoms. The Balaban J connectivity index is 1.91. The second-order valence-corrected chi connectivity index (χ2v) is 5.09. The molecule has 0 fully saturated rings. The van der Waals surface area contributed by atoms with E-state index in [9.17, 15) is 4.79 Å². The molecule has 0 aliphatic heterocycles. The third-order valence-electron chi connectivity index (χ3n) is 3.64. The molecular formula is C20H16O. The number of aryl methyl sites for hydroxylation is 1. The number of benzene rings is 3. The number of ketones is 1. The third kappa shape index (κ3) is 2.77. The summed E-state index contributed by atoms with van der Waals surface area (Å²) in [5, 5.41) is 0. The van der Waals surface area contributed by atoms with E-state index in [1.807, 2.05) is 73.7 Å². The Morgan fingerprint density at radius 1 is 0.667 bits per heavy atom. The van der Waals surface area contributed by atoms with Crippen molar-refractivity contribution in [3.63, 3.8) is 0 Å². The van der Waals surface area contributed by atoms with Crippen LogP contribution in [0.25, 0.3) is 11.1 Å². The Bertz CT molecular complexity index is 755. The molecule has 0 atom stereocenters. The Morgan fingerprint density at radius 2 is 1.24 bits per heavy atom. The van der Waals surface area contributed by atoms with Gasteiger partial charge in [0.05, 0.1) is 0 Å². The number of hydrogen-bond acceptors (Lipinski definition) is 1. The molecule has 0 N–H and O–H groups in total. The molecule has 0 heterocycles. The van der Waals surface area contributed by atoms with Gasteiger partial charge in [-0.3, -0.25) is 4.79 Å². The molecule has 1 heteroatoms. The zero-order chi connectivity index (χ0) is 14.7. The lowest BCUT2D eigenvalue weighted by Crippen LogP contribution is -2.03. The highest BCUT2D eigenvalue weighted by molar-refractivity contribution is 6.10. The molecule has 3 aromatic rings. The van der Waals surface area contributed by atoms with Crippen LogP contribution in [0.5, 0.6) is 0 Å². The van der Waals surface area contributed by atoms with E-state index in [1.54, 1.807) is 0 Å². The first kappa shape index (κ1) is 13.3. The lowest BCUT2D eigenvalue weighted by Gasteiger charge is -2.06. The van der Waals surface area contributed by atoms with Crippen molar-refractivity contribution < 1.29 is 4.79 Å². The number of carbonyl (C=O) groups excluding carboxylic acids is 1. The van der Waals surface area contributed by atoms with E-state index in [0.717, 1.165) is 27.8 Å². The van der Waals surface area contributed by atoms with Crippen LogP contribution in [0.3, 0.4) is 0 Å². The number of carbonyl (C=O) groups is 1. The van der Waals surface area contributed by atoms with Crippen molar-refractivity contribution in [2.45, 2.75) is 6.92 Å². The molecule has 0 bridgehead atoms. The van der Waals surface area contributed by atoms with Crippen molar-refractivity contribution in [2.75, 3.05) is 0 Å². The maximum Gasteiger partial charge on any atom is 0.193 e. The molecule has 21 heavy (non-hydrogen) atoms. The van der Waals surface area contributed by atoms with E-state index in [-0.39, 0.29) is 5.78 Å². The molecule has 1 nitrogen and oxygen atoms in total. The first-order valence-corrected chi connectivity index (χ1v) is 7.01. The van der Waals surface area contributed by atoms with Gasteiger partial charge in [-0.1, -0.05) is 78.9 Å². The summed E-state index contributed by atoms with van der Waals surface area (Å²) < 4.78 is 0. The molecule has 0 saturated carbocycles. The highest BCUT2D eigenvalue weighted by Crippen LogP contribution is 2.21. The van der Waals surface area contributed by atoms with E-state index in [4.69, 9.17) is 0 Å². The molecule has 102 valence electrons. The average Bonchev–Trinajstić information content (AvgIpc) is 2.56. The maximum atomic E-state index is 12.5. The van der Waals surface area contributed by atoms with Crippen molar-refractivity contribution in [3.05, 3.63) is 95.6 Å². The van der Waals surface area contributed by atoms with E-state index in [2.05, 4.69) is 12.1 Å². The first-order chi connectivity index (χ1) is 10.3. The van der Waals surface area contributed by atoms with E-state index >= 15 is 0 Å². The monoisotopic (exact) mass is 272 g/mol. The fourth-order valence-corrected chi connectivity index (χ4v) is 2.43. The van der Waals surface area contributed by atoms with Gasteiger partial charge >= 0.3 is 0 Å². The average molecular weight is 272 g/mol. The second kappa shape index (κ2) is 5.76. The minimum atomic E-state index is 0.0766. The number of rotatable bonds is 3. The molecule has 3 aromatic carbocycles. The van der Waals surface area contributed by atoms with Gasteiger partial charge in [0.2, 0.25) is 0 Å². The smallest absolute Gasteiger partial charge is 0.193 e. The van der Waals surface area contributed by atoms with Crippen LogP contribution in [0.2, 0.25) is 0 Å². The first-order valence-electron chi connectivity index (χ1n) is 7.01. The van der Waals surface area contributed by atoms with Crippen LogP contribution in [0.4, 0.5) is 0 Å². The molecule has 0 saturated heterocycles.